The summed E-state index contributed by atoms with van der Waals surface area (Å²) in [6.45, 7) is 1.47. The van der Waals surface area contributed by atoms with Crippen molar-refractivity contribution >= 4 is 0 Å². The zero-order valence-corrected chi connectivity index (χ0v) is 11.7. The summed E-state index contributed by atoms with van der Waals surface area (Å²) < 4.78 is 23.7. The first-order valence-corrected chi connectivity index (χ1v) is 6.79. The first-order chi connectivity index (χ1) is 10.1. The fraction of sp³-hybridized carbons (Fsp3) is 0.250. The van der Waals surface area contributed by atoms with E-state index in [9.17, 15) is 9.50 Å². The maximum absolute atomic E-state index is 13.2. The molecule has 2 N–H and O–H groups in total. The number of phenolic OH excluding ortho intramolecular Hbond substituents is 1. The Hall–Kier alpha value is -2.27. The molecule has 2 aromatic carbocycles. The largest absolute Gasteiger partial charge is 0.507 e. The van der Waals surface area contributed by atoms with E-state index in [0.29, 0.717) is 24.6 Å². The Labute approximate surface area is 122 Å². The second-order valence-electron chi connectivity index (χ2n) is 5.27. The van der Waals surface area contributed by atoms with E-state index in [4.69, 9.17) is 9.47 Å². The summed E-state index contributed by atoms with van der Waals surface area (Å²) in [5.41, 5.74) is 1.71. The van der Waals surface area contributed by atoms with Gasteiger partial charge in [0.1, 0.15) is 24.7 Å². The fourth-order valence-corrected chi connectivity index (χ4v) is 2.50. The van der Waals surface area contributed by atoms with Gasteiger partial charge >= 0.3 is 0 Å². The lowest BCUT2D eigenvalue weighted by molar-refractivity contribution is -0.907. The molecule has 110 valence electrons. The van der Waals surface area contributed by atoms with Gasteiger partial charge in [-0.1, -0.05) is 12.1 Å². The van der Waals surface area contributed by atoms with Crippen LogP contribution in [0.3, 0.4) is 0 Å². The lowest BCUT2D eigenvalue weighted by Gasteiger charge is -2.15. The van der Waals surface area contributed by atoms with Crippen LogP contribution >= 0.6 is 0 Å². The third-order valence-corrected chi connectivity index (χ3v) is 3.46. The fourth-order valence-electron chi connectivity index (χ4n) is 2.50. The molecule has 0 fully saturated rings. The molecule has 0 bridgehead atoms. The van der Waals surface area contributed by atoms with Gasteiger partial charge in [-0.15, -0.1) is 0 Å². The average Bonchev–Trinajstić information content (AvgIpc) is 2.86. The highest BCUT2D eigenvalue weighted by Crippen LogP contribution is 2.37. The smallest absolute Gasteiger partial charge is 0.231 e. The molecule has 4 nitrogen and oxygen atoms in total. The van der Waals surface area contributed by atoms with Crippen molar-refractivity contribution in [2.24, 2.45) is 0 Å². The van der Waals surface area contributed by atoms with Crippen LogP contribution in [-0.2, 0) is 13.1 Å². The van der Waals surface area contributed by atoms with E-state index in [0.717, 1.165) is 16.0 Å². The SMILES string of the molecule is C[NH+](Cc1cccc(F)c1)Cc1cc2c(cc1O)OCO2. The van der Waals surface area contributed by atoms with Gasteiger partial charge in [0.25, 0.3) is 0 Å². The third kappa shape index (κ3) is 3.08. The van der Waals surface area contributed by atoms with Gasteiger partial charge in [-0.2, -0.15) is 0 Å². The topological polar surface area (TPSA) is 43.1 Å². The normalized spacial score (nSPS) is 14.2. The number of rotatable bonds is 4. The Bertz CT molecular complexity index is 660. The molecule has 1 aliphatic heterocycles. The molecule has 0 aromatic heterocycles. The van der Waals surface area contributed by atoms with Crippen molar-refractivity contribution < 1.29 is 23.9 Å². The number of benzene rings is 2. The highest BCUT2D eigenvalue weighted by molar-refractivity contribution is 5.50. The molecule has 1 heterocycles. The van der Waals surface area contributed by atoms with Crippen LogP contribution in [0.1, 0.15) is 11.1 Å². The maximum Gasteiger partial charge on any atom is 0.231 e. The van der Waals surface area contributed by atoms with Gasteiger partial charge < -0.3 is 19.5 Å². The predicted octanol–water partition coefficient (Wildman–Crippen LogP) is 1.47. The highest BCUT2D eigenvalue weighted by atomic mass is 19.1. The summed E-state index contributed by atoms with van der Waals surface area (Å²) in [6.07, 6.45) is 0. The van der Waals surface area contributed by atoms with Gasteiger partial charge in [-0.25, -0.2) is 4.39 Å². The molecule has 0 saturated heterocycles. The molecule has 0 amide bonds. The maximum atomic E-state index is 13.2. The van der Waals surface area contributed by atoms with Crippen molar-refractivity contribution in [2.75, 3.05) is 13.8 Å². The van der Waals surface area contributed by atoms with Gasteiger partial charge in [0.15, 0.2) is 11.5 Å². The van der Waals surface area contributed by atoms with Gasteiger partial charge in [-0.3, -0.25) is 0 Å². The molecular weight excluding hydrogens is 273 g/mol. The van der Waals surface area contributed by atoms with Crippen LogP contribution in [0.4, 0.5) is 4.39 Å². The molecule has 1 unspecified atom stereocenters. The van der Waals surface area contributed by atoms with Gasteiger partial charge in [-0.05, 0) is 18.2 Å². The monoisotopic (exact) mass is 290 g/mol. The van der Waals surface area contributed by atoms with E-state index in [1.54, 1.807) is 18.2 Å². The molecule has 1 atom stereocenters. The summed E-state index contributed by atoms with van der Waals surface area (Å²) in [5.74, 6) is 1.18. The van der Waals surface area contributed by atoms with Crippen LogP contribution in [0, 0.1) is 5.82 Å². The van der Waals surface area contributed by atoms with E-state index < -0.39 is 0 Å². The molecule has 0 aliphatic carbocycles. The number of phenols is 1. The van der Waals surface area contributed by atoms with Crippen molar-refractivity contribution in [3.63, 3.8) is 0 Å². The van der Waals surface area contributed by atoms with Crippen molar-refractivity contribution in [2.45, 2.75) is 13.1 Å². The molecule has 5 heteroatoms. The van der Waals surface area contributed by atoms with Crippen LogP contribution in [0.25, 0.3) is 0 Å². The standard InChI is InChI=1S/C16H16FNO3/c1-18(8-11-3-2-4-13(17)5-11)9-12-6-15-16(7-14(12)19)21-10-20-15/h2-7,19H,8-10H2,1H3/p+1. The van der Waals surface area contributed by atoms with E-state index >= 15 is 0 Å². The predicted molar refractivity (Wildman–Crippen MR) is 74.9 cm³/mol. The van der Waals surface area contributed by atoms with Crippen LogP contribution < -0.4 is 14.4 Å². The summed E-state index contributed by atoms with van der Waals surface area (Å²) in [7, 11) is 1.99. The lowest BCUT2D eigenvalue weighted by atomic mass is 10.1. The molecule has 1 aliphatic rings. The second kappa shape index (κ2) is 5.61. The van der Waals surface area contributed by atoms with Crippen molar-refractivity contribution in [1.29, 1.82) is 0 Å². The zero-order valence-electron chi connectivity index (χ0n) is 11.7. The minimum atomic E-state index is -0.230. The van der Waals surface area contributed by atoms with Crippen LogP contribution in [0.2, 0.25) is 0 Å². The summed E-state index contributed by atoms with van der Waals surface area (Å²) in [6, 6.07) is 9.94. The van der Waals surface area contributed by atoms with Gasteiger partial charge in [0.2, 0.25) is 6.79 Å². The second-order valence-corrected chi connectivity index (χ2v) is 5.27. The average molecular weight is 290 g/mol. The first-order valence-electron chi connectivity index (χ1n) is 6.79. The number of hydrogen-bond acceptors (Lipinski definition) is 3. The Balaban J connectivity index is 1.71. The quantitative estimate of drug-likeness (QED) is 0.896. The number of nitrogens with one attached hydrogen (secondary N) is 1. The number of quaternary nitrogens is 1. The van der Waals surface area contributed by atoms with E-state index in [1.165, 1.54) is 12.1 Å². The molecule has 21 heavy (non-hydrogen) atoms. The van der Waals surface area contributed by atoms with Crippen LogP contribution in [0.15, 0.2) is 36.4 Å². The Morgan fingerprint density at radius 1 is 1.14 bits per heavy atom. The summed E-state index contributed by atoms with van der Waals surface area (Å²) in [5, 5.41) is 10.0. The van der Waals surface area contributed by atoms with Crippen LogP contribution in [0.5, 0.6) is 17.2 Å². The Morgan fingerprint density at radius 3 is 2.67 bits per heavy atom. The first kappa shape index (κ1) is 13.7. The summed E-state index contributed by atoms with van der Waals surface area (Å²) in [4.78, 5) is 1.13. The number of hydrogen-bond donors (Lipinski definition) is 2. The Morgan fingerprint density at radius 2 is 1.90 bits per heavy atom. The summed E-state index contributed by atoms with van der Waals surface area (Å²) >= 11 is 0. The third-order valence-electron chi connectivity index (χ3n) is 3.46. The Kier molecular flexibility index (Phi) is 3.66. The lowest BCUT2D eigenvalue weighted by Crippen LogP contribution is -3.06. The van der Waals surface area contributed by atoms with E-state index in [1.807, 2.05) is 13.1 Å². The van der Waals surface area contributed by atoms with Crippen molar-refractivity contribution in [1.82, 2.24) is 0 Å². The molecule has 0 saturated carbocycles. The van der Waals surface area contributed by atoms with Crippen molar-refractivity contribution in [3.8, 4) is 17.2 Å². The highest BCUT2D eigenvalue weighted by Gasteiger charge is 2.19. The number of ether oxygens (including phenoxy) is 2. The zero-order chi connectivity index (χ0) is 14.8. The molecule has 0 spiro atoms. The number of aromatic hydroxyl groups is 1. The molecule has 2 aromatic rings. The van der Waals surface area contributed by atoms with E-state index in [2.05, 4.69) is 0 Å². The van der Waals surface area contributed by atoms with Crippen LogP contribution in [-0.4, -0.2) is 18.9 Å². The molecule has 0 radical (unpaired) electrons. The molecule has 3 rings (SSSR count). The van der Waals surface area contributed by atoms with E-state index in [-0.39, 0.29) is 18.4 Å². The van der Waals surface area contributed by atoms with Crippen molar-refractivity contribution in [3.05, 3.63) is 53.3 Å². The minimum Gasteiger partial charge on any atom is -0.507 e. The molecular formula is C16H17FNO3+. The number of fused-ring (bicyclic) bond motifs is 1. The van der Waals surface area contributed by atoms with Gasteiger partial charge in [0.05, 0.1) is 12.6 Å². The van der Waals surface area contributed by atoms with Gasteiger partial charge in [0, 0.05) is 11.6 Å². The number of halogens is 1. The minimum absolute atomic E-state index is 0.185.